The Kier molecular flexibility index (Phi) is 3.48. The SMILES string of the molecule is O=C1CC(c2cccc(OC(F)F)c2)c2cc3c(cc2O1)OCO3. The summed E-state index contributed by atoms with van der Waals surface area (Å²) in [5.74, 6) is 0.779. The van der Waals surface area contributed by atoms with Gasteiger partial charge in [0.2, 0.25) is 6.79 Å². The van der Waals surface area contributed by atoms with Gasteiger partial charge in [-0.05, 0) is 23.8 Å². The van der Waals surface area contributed by atoms with Crippen molar-refractivity contribution >= 4 is 5.97 Å². The Labute approximate surface area is 135 Å². The first-order valence-corrected chi connectivity index (χ1v) is 7.29. The van der Waals surface area contributed by atoms with Crippen molar-refractivity contribution in [3.05, 3.63) is 47.5 Å². The normalized spacial score (nSPS) is 18.3. The third-order valence-corrected chi connectivity index (χ3v) is 3.96. The number of hydrogen-bond acceptors (Lipinski definition) is 5. The molecular weight excluding hydrogens is 322 g/mol. The van der Waals surface area contributed by atoms with Crippen molar-refractivity contribution in [2.45, 2.75) is 19.0 Å². The molecule has 2 aliphatic rings. The van der Waals surface area contributed by atoms with Gasteiger partial charge in [-0.3, -0.25) is 4.79 Å². The third-order valence-electron chi connectivity index (χ3n) is 3.96. The average molecular weight is 334 g/mol. The molecule has 0 saturated carbocycles. The van der Waals surface area contributed by atoms with Crippen molar-refractivity contribution in [1.29, 1.82) is 0 Å². The zero-order chi connectivity index (χ0) is 16.7. The van der Waals surface area contributed by atoms with Gasteiger partial charge in [0.15, 0.2) is 11.5 Å². The maximum absolute atomic E-state index is 12.4. The highest BCUT2D eigenvalue weighted by Crippen LogP contribution is 2.46. The van der Waals surface area contributed by atoms with Crippen LogP contribution in [0, 0.1) is 0 Å². The van der Waals surface area contributed by atoms with Gasteiger partial charge in [0.1, 0.15) is 11.5 Å². The van der Waals surface area contributed by atoms with Crippen molar-refractivity contribution in [2.24, 2.45) is 0 Å². The highest BCUT2D eigenvalue weighted by Gasteiger charge is 2.31. The minimum absolute atomic E-state index is 0.0451. The summed E-state index contributed by atoms with van der Waals surface area (Å²) >= 11 is 0. The smallest absolute Gasteiger partial charge is 0.387 e. The van der Waals surface area contributed by atoms with E-state index in [9.17, 15) is 13.6 Å². The summed E-state index contributed by atoms with van der Waals surface area (Å²) in [7, 11) is 0. The molecule has 2 aliphatic heterocycles. The Morgan fingerprint density at radius 1 is 1.08 bits per heavy atom. The van der Waals surface area contributed by atoms with E-state index in [4.69, 9.17) is 14.2 Å². The van der Waals surface area contributed by atoms with E-state index in [1.54, 1.807) is 24.3 Å². The predicted octanol–water partition coefficient (Wildman–Crippen LogP) is 3.46. The standard InChI is InChI=1S/C17H12F2O5/c18-17(19)23-10-3-1-2-9(4-10)11-6-16(20)24-13-7-15-14(5-12(11)13)21-8-22-15/h1-5,7,11,17H,6,8H2. The summed E-state index contributed by atoms with van der Waals surface area (Å²) in [6.45, 7) is -2.80. The molecule has 2 heterocycles. The second kappa shape index (κ2) is 5.67. The number of halogens is 2. The van der Waals surface area contributed by atoms with Crippen LogP contribution in [0.4, 0.5) is 8.78 Å². The third kappa shape index (κ3) is 2.62. The summed E-state index contributed by atoms with van der Waals surface area (Å²) in [4.78, 5) is 11.9. The van der Waals surface area contributed by atoms with E-state index in [-0.39, 0.29) is 24.9 Å². The van der Waals surface area contributed by atoms with Crippen molar-refractivity contribution < 1.29 is 32.5 Å². The highest BCUT2D eigenvalue weighted by atomic mass is 19.3. The number of benzene rings is 2. The van der Waals surface area contributed by atoms with Gasteiger partial charge in [0.25, 0.3) is 0 Å². The van der Waals surface area contributed by atoms with E-state index in [0.717, 1.165) is 5.56 Å². The molecule has 0 spiro atoms. The van der Waals surface area contributed by atoms with Crippen LogP contribution < -0.4 is 18.9 Å². The number of ether oxygens (including phenoxy) is 4. The van der Waals surface area contributed by atoms with E-state index in [2.05, 4.69) is 4.74 Å². The largest absolute Gasteiger partial charge is 0.454 e. The lowest BCUT2D eigenvalue weighted by Crippen LogP contribution is -2.21. The van der Waals surface area contributed by atoms with E-state index >= 15 is 0 Å². The maximum Gasteiger partial charge on any atom is 0.387 e. The van der Waals surface area contributed by atoms with Crippen LogP contribution in [0.3, 0.4) is 0 Å². The molecule has 0 radical (unpaired) electrons. The summed E-state index contributed by atoms with van der Waals surface area (Å²) < 4.78 is 45.2. The zero-order valence-corrected chi connectivity index (χ0v) is 12.3. The first-order chi connectivity index (χ1) is 11.6. The molecule has 0 aromatic heterocycles. The Morgan fingerprint density at radius 3 is 2.67 bits per heavy atom. The molecule has 1 unspecified atom stereocenters. The van der Waals surface area contributed by atoms with Crippen LogP contribution in [0.2, 0.25) is 0 Å². The zero-order valence-electron chi connectivity index (χ0n) is 12.3. The lowest BCUT2D eigenvalue weighted by Gasteiger charge is -2.25. The van der Waals surface area contributed by atoms with Crippen molar-refractivity contribution in [3.8, 4) is 23.0 Å². The average Bonchev–Trinajstić information content (AvgIpc) is 2.99. The molecule has 5 nitrogen and oxygen atoms in total. The summed E-state index contributed by atoms with van der Waals surface area (Å²) in [5, 5.41) is 0. The molecule has 0 N–H and O–H groups in total. The molecule has 4 rings (SSSR count). The van der Waals surface area contributed by atoms with Gasteiger partial charge in [-0.1, -0.05) is 12.1 Å². The quantitative estimate of drug-likeness (QED) is 0.636. The summed E-state index contributed by atoms with van der Waals surface area (Å²) in [6, 6.07) is 9.69. The number of carbonyl (C=O) groups is 1. The Hall–Kier alpha value is -2.83. The molecule has 0 bridgehead atoms. The Morgan fingerprint density at radius 2 is 1.88 bits per heavy atom. The van der Waals surface area contributed by atoms with E-state index in [0.29, 0.717) is 22.8 Å². The van der Waals surface area contributed by atoms with Gasteiger partial charge in [-0.25, -0.2) is 0 Å². The first-order valence-electron chi connectivity index (χ1n) is 7.29. The lowest BCUT2D eigenvalue weighted by atomic mass is 9.86. The number of rotatable bonds is 3. The van der Waals surface area contributed by atoms with Crippen LogP contribution in [0.25, 0.3) is 0 Å². The van der Waals surface area contributed by atoms with E-state index in [1.807, 2.05) is 0 Å². The number of hydrogen-bond donors (Lipinski definition) is 0. The van der Waals surface area contributed by atoms with Crippen molar-refractivity contribution in [1.82, 2.24) is 0 Å². The number of alkyl halides is 2. The molecule has 2 aromatic carbocycles. The Bertz CT molecular complexity index is 806. The first kappa shape index (κ1) is 14.7. The fourth-order valence-corrected chi connectivity index (χ4v) is 2.95. The second-order valence-electron chi connectivity index (χ2n) is 5.43. The van der Waals surface area contributed by atoms with Crippen LogP contribution in [0.15, 0.2) is 36.4 Å². The van der Waals surface area contributed by atoms with Crippen LogP contribution in [-0.2, 0) is 4.79 Å². The molecule has 0 amide bonds. The number of fused-ring (bicyclic) bond motifs is 2. The number of esters is 1. The predicted molar refractivity (Wildman–Crippen MR) is 77.7 cm³/mol. The molecule has 2 aromatic rings. The van der Waals surface area contributed by atoms with E-state index < -0.39 is 12.6 Å². The topological polar surface area (TPSA) is 54.0 Å². The van der Waals surface area contributed by atoms with Gasteiger partial charge in [-0.2, -0.15) is 8.78 Å². The fraction of sp³-hybridized carbons (Fsp3) is 0.235. The van der Waals surface area contributed by atoms with Gasteiger partial charge in [0, 0.05) is 17.5 Å². The molecular formula is C17H12F2O5. The molecule has 7 heteroatoms. The minimum atomic E-state index is -2.90. The summed E-state index contributed by atoms with van der Waals surface area (Å²) in [6.07, 6.45) is 0.102. The maximum atomic E-state index is 12.4. The van der Waals surface area contributed by atoms with Gasteiger partial charge in [-0.15, -0.1) is 0 Å². The lowest BCUT2D eigenvalue weighted by molar-refractivity contribution is -0.135. The van der Waals surface area contributed by atoms with Crippen LogP contribution in [-0.4, -0.2) is 19.4 Å². The molecule has 124 valence electrons. The van der Waals surface area contributed by atoms with Gasteiger partial charge < -0.3 is 18.9 Å². The second-order valence-corrected chi connectivity index (χ2v) is 5.43. The monoisotopic (exact) mass is 334 g/mol. The molecule has 0 fully saturated rings. The minimum Gasteiger partial charge on any atom is -0.454 e. The van der Waals surface area contributed by atoms with Crippen LogP contribution in [0.1, 0.15) is 23.5 Å². The number of carbonyl (C=O) groups excluding carboxylic acids is 1. The Balaban J connectivity index is 1.76. The van der Waals surface area contributed by atoms with Crippen LogP contribution in [0.5, 0.6) is 23.0 Å². The molecule has 1 atom stereocenters. The van der Waals surface area contributed by atoms with E-state index in [1.165, 1.54) is 12.1 Å². The highest BCUT2D eigenvalue weighted by molar-refractivity contribution is 5.78. The molecule has 24 heavy (non-hydrogen) atoms. The van der Waals surface area contributed by atoms with Crippen molar-refractivity contribution in [2.75, 3.05) is 6.79 Å². The van der Waals surface area contributed by atoms with Crippen molar-refractivity contribution in [3.63, 3.8) is 0 Å². The van der Waals surface area contributed by atoms with Gasteiger partial charge >= 0.3 is 12.6 Å². The molecule has 0 saturated heterocycles. The summed E-state index contributed by atoms with van der Waals surface area (Å²) in [5.41, 5.74) is 1.43. The molecule has 0 aliphatic carbocycles. The van der Waals surface area contributed by atoms with Crippen LogP contribution >= 0.6 is 0 Å². The van der Waals surface area contributed by atoms with Gasteiger partial charge in [0.05, 0.1) is 6.42 Å². The fourth-order valence-electron chi connectivity index (χ4n) is 2.95.